The second-order valence-electron chi connectivity index (χ2n) is 2.46. The number of nitrogens with zero attached hydrogens (tertiary/aromatic N) is 1. The van der Waals surface area contributed by atoms with Gasteiger partial charge in [0, 0.05) is 11.8 Å². The van der Waals surface area contributed by atoms with Gasteiger partial charge in [-0.05, 0) is 12.1 Å². The molecule has 0 atom stereocenters. The lowest BCUT2D eigenvalue weighted by molar-refractivity contribution is -0.134. The first-order chi connectivity index (χ1) is 6.63. The smallest absolute Gasteiger partial charge is 0.322 e. The van der Waals surface area contributed by atoms with E-state index >= 15 is 0 Å². The molecule has 0 unspecified atom stereocenters. The summed E-state index contributed by atoms with van der Waals surface area (Å²) in [7, 11) is 0. The van der Waals surface area contributed by atoms with E-state index in [1.807, 2.05) is 0 Å². The average molecular weight is 214 g/mol. The molecule has 0 radical (unpaired) electrons. The Morgan fingerprint density at radius 3 is 3.00 bits per heavy atom. The van der Waals surface area contributed by atoms with E-state index in [2.05, 4.69) is 10.3 Å². The zero-order valence-electron chi connectivity index (χ0n) is 7.12. The minimum Gasteiger partial charge on any atom is -0.480 e. The third-order valence-electron chi connectivity index (χ3n) is 1.46. The van der Waals surface area contributed by atoms with Crippen LogP contribution in [0.25, 0.3) is 0 Å². The number of aromatic nitrogens is 1. The van der Waals surface area contributed by atoms with E-state index in [9.17, 15) is 4.79 Å². The maximum absolute atomic E-state index is 10.3. The number of rotatable bonds is 4. The zero-order valence-corrected chi connectivity index (χ0v) is 7.88. The number of aliphatic carboxylic acids is 1. The largest absolute Gasteiger partial charge is 0.480 e. The molecule has 0 fully saturated rings. The van der Waals surface area contributed by atoms with Crippen molar-refractivity contribution in [1.29, 1.82) is 5.41 Å². The molecule has 0 spiro atoms. The van der Waals surface area contributed by atoms with Crippen LogP contribution < -0.4 is 5.32 Å². The number of carboxylic acid groups (broad SMARTS) is 1. The highest BCUT2D eigenvalue weighted by Crippen LogP contribution is 2.14. The van der Waals surface area contributed by atoms with E-state index in [1.54, 1.807) is 6.07 Å². The SMILES string of the molecule is N=Cc1ccc(Cl)nc1NCC(=O)O. The van der Waals surface area contributed by atoms with Crippen LogP contribution in [0, 0.1) is 5.41 Å². The Balaban J connectivity index is 2.87. The number of carbonyl (C=O) groups is 1. The van der Waals surface area contributed by atoms with Crippen LogP contribution >= 0.6 is 11.6 Å². The van der Waals surface area contributed by atoms with Crippen molar-refractivity contribution in [1.82, 2.24) is 4.98 Å². The summed E-state index contributed by atoms with van der Waals surface area (Å²) < 4.78 is 0. The van der Waals surface area contributed by atoms with Crippen molar-refractivity contribution in [3.63, 3.8) is 0 Å². The van der Waals surface area contributed by atoms with Gasteiger partial charge in [0.2, 0.25) is 0 Å². The highest BCUT2D eigenvalue weighted by atomic mass is 35.5. The topological polar surface area (TPSA) is 86.1 Å². The fraction of sp³-hybridized carbons (Fsp3) is 0.125. The maximum atomic E-state index is 10.3. The van der Waals surface area contributed by atoms with Crippen LogP contribution in [-0.4, -0.2) is 28.8 Å². The molecule has 0 aliphatic heterocycles. The van der Waals surface area contributed by atoms with Gasteiger partial charge in [-0.1, -0.05) is 11.6 Å². The molecule has 1 heterocycles. The van der Waals surface area contributed by atoms with Crippen molar-refractivity contribution in [3.8, 4) is 0 Å². The van der Waals surface area contributed by atoms with Crippen LogP contribution in [0.2, 0.25) is 5.15 Å². The van der Waals surface area contributed by atoms with Crippen LogP contribution in [0.15, 0.2) is 12.1 Å². The van der Waals surface area contributed by atoms with Gasteiger partial charge in [-0.15, -0.1) is 0 Å². The van der Waals surface area contributed by atoms with Crippen molar-refractivity contribution >= 4 is 29.6 Å². The summed E-state index contributed by atoms with van der Waals surface area (Å²) in [5.41, 5.74) is 0.496. The molecule has 3 N–H and O–H groups in total. The van der Waals surface area contributed by atoms with Crippen LogP contribution in [0.5, 0.6) is 0 Å². The summed E-state index contributed by atoms with van der Waals surface area (Å²) >= 11 is 5.62. The predicted octanol–water partition coefficient (Wildman–Crippen LogP) is 1.23. The summed E-state index contributed by atoms with van der Waals surface area (Å²) in [4.78, 5) is 14.1. The van der Waals surface area contributed by atoms with Crippen molar-refractivity contribution in [3.05, 3.63) is 22.8 Å². The Kier molecular flexibility index (Phi) is 3.41. The number of hydrogen-bond acceptors (Lipinski definition) is 4. The van der Waals surface area contributed by atoms with Crippen LogP contribution in [0.4, 0.5) is 5.82 Å². The average Bonchev–Trinajstić information content (AvgIpc) is 2.15. The van der Waals surface area contributed by atoms with Crippen molar-refractivity contribution < 1.29 is 9.90 Å². The Bertz CT molecular complexity index is 368. The molecule has 14 heavy (non-hydrogen) atoms. The Hall–Kier alpha value is -1.62. The third kappa shape index (κ3) is 2.70. The van der Waals surface area contributed by atoms with Gasteiger partial charge in [0.15, 0.2) is 0 Å². The molecule has 0 aliphatic carbocycles. The van der Waals surface area contributed by atoms with E-state index in [1.165, 1.54) is 6.07 Å². The number of carboxylic acids is 1. The standard InChI is InChI=1S/C8H8ClN3O2/c9-6-2-1-5(3-10)8(12-6)11-4-7(13)14/h1-3,10H,4H2,(H,11,12)(H,13,14). The van der Waals surface area contributed by atoms with Gasteiger partial charge in [0.1, 0.15) is 17.5 Å². The molecule has 0 bridgehead atoms. The van der Waals surface area contributed by atoms with Gasteiger partial charge in [0.25, 0.3) is 0 Å². The molecule has 0 aromatic carbocycles. The summed E-state index contributed by atoms with van der Waals surface area (Å²) in [6, 6.07) is 3.13. The fourth-order valence-electron chi connectivity index (χ4n) is 0.864. The second kappa shape index (κ2) is 4.57. The molecule has 1 rings (SSSR count). The third-order valence-corrected chi connectivity index (χ3v) is 1.67. The molecule has 1 aromatic rings. The van der Waals surface area contributed by atoms with Gasteiger partial charge >= 0.3 is 5.97 Å². The summed E-state index contributed by atoms with van der Waals surface area (Å²) in [5, 5.41) is 18.3. The van der Waals surface area contributed by atoms with Gasteiger partial charge in [-0.3, -0.25) is 4.79 Å². The Morgan fingerprint density at radius 2 is 2.43 bits per heavy atom. The second-order valence-corrected chi connectivity index (χ2v) is 2.85. The van der Waals surface area contributed by atoms with Gasteiger partial charge < -0.3 is 15.8 Å². The number of hydrogen-bond donors (Lipinski definition) is 3. The molecule has 1 aromatic heterocycles. The van der Waals surface area contributed by atoms with E-state index in [0.717, 1.165) is 6.21 Å². The molecule has 6 heteroatoms. The van der Waals surface area contributed by atoms with Crippen molar-refractivity contribution in [2.75, 3.05) is 11.9 Å². The quantitative estimate of drug-likeness (QED) is 0.519. The maximum Gasteiger partial charge on any atom is 0.322 e. The lowest BCUT2D eigenvalue weighted by Gasteiger charge is -2.05. The van der Waals surface area contributed by atoms with Gasteiger partial charge in [-0.2, -0.15) is 0 Å². The Labute approximate surface area is 85.2 Å². The number of pyridine rings is 1. The lowest BCUT2D eigenvalue weighted by Crippen LogP contribution is -2.14. The van der Waals surface area contributed by atoms with Crippen LogP contribution in [0.1, 0.15) is 5.56 Å². The molecule has 74 valence electrons. The first kappa shape index (κ1) is 10.5. The molecule has 0 saturated heterocycles. The molecule has 5 nitrogen and oxygen atoms in total. The van der Waals surface area contributed by atoms with Crippen LogP contribution in [0.3, 0.4) is 0 Å². The molecular weight excluding hydrogens is 206 g/mol. The number of halogens is 1. The van der Waals surface area contributed by atoms with Crippen molar-refractivity contribution in [2.24, 2.45) is 0 Å². The van der Waals surface area contributed by atoms with Crippen LogP contribution in [-0.2, 0) is 4.79 Å². The van der Waals surface area contributed by atoms with E-state index < -0.39 is 5.97 Å². The van der Waals surface area contributed by atoms with Crippen molar-refractivity contribution in [2.45, 2.75) is 0 Å². The first-order valence-corrected chi connectivity index (χ1v) is 4.14. The molecular formula is C8H8ClN3O2. The number of nitrogens with one attached hydrogen (secondary N) is 2. The van der Waals surface area contributed by atoms with E-state index in [-0.39, 0.29) is 11.7 Å². The van der Waals surface area contributed by atoms with Gasteiger partial charge in [-0.25, -0.2) is 4.98 Å². The fourth-order valence-corrected chi connectivity index (χ4v) is 1.01. The normalized spacial score (nSPS) is 9.50. The molecule has 0 amide bonds. The summed E-state index contributed by atoms with van der Waals surface area (Å²) in [6.07, 6.45) is 1.08. The van der Waals surface area contributed by atoms with E-state index in [0.29, 0.717) is 11.4 Å². The highest BCUT2D eigenvalue weighted by molar-refractivity contribution is 6.29. The summed E-state index contributed by atoms with van der Waals surface area (Å²) in [6.45, 7) is -0.256. The monoisotopic (exact) mass is 213 g/mol. The molecule has 0 saturated carbocycles. The minimum atomic E-state index is -0.997. The Morgan fingerprint density at radius 1 is 1.71 bits per heavy atom. The zero-order chi connectivity index (χ0) is 10.6. The first-order valence-electron chi connectivity index (χ1n) is 3.76. The number of anilines is 1. The minimum absolute atomic E-state index is 0.253. The highest BCUT2D eigenvalue weighted by Gasteiger charge is 2.04. The lowest BCUT2D eigenvalue weighted by atomic mass is 10.3. The molecule has 0 aliphatic rings. The van der Waals surface area contributed by atoms with E-state index in [4.69, 9.17) is 22.1 Å². The predicted molar refractivity (Wildman–Crippen MR) is 53.3 cm³/mol. The van der Waals surface area contributed by atoms with Gasteiger partial charge in [0.05, 0.1) is 0 Å². The summed E-state index contributed by atoms with van der Waals surface area (Å²) in [5.74, 6) is -0.697.